The summed E-state index contributed by atoms with van der Waals surface area (Å²) in [6.45, 7) is 1.41. The summed E-state index contributed by atoms with van der Waals surface area (Å²) in [6.07, 6.45) is -0.854. The number of anilines is 1. The molecule has 0 spiro atoms. The van der Waals surface area contributed by atoms with E-state index in [-0.39, 0.29) is 23.4 Å². The molecule has 0 saturated heterocycles. The van der Waals surface area contributed by atoms with Crippen molar-refractivity contribution in [3.63, 3.8) is 0 Å². The van der Waals surface area contributed by atoms with E-state index in [9.17, 15) is 18.0 Å². The lowest BCUT2D eigenvalue weighted by atomic mass is 10.3. The smallest absolute Gasteiger partial charge is 0.307 e. The summed E-state index contributed by atoms with van der Waals surface area (Å²) in [6, 6.07) is 12.7. The molecule has 1 heterocycles. The molecular formula is C19H19N3O6S. The molecule has 0 aliphatic heterocycles. The summed E-state index contributed by atoms with van der Waals surface area (Å²) < 4.78 is 33.4. The van der Waals surface area contributed by atoms with Crippen molar-refractivity contribution in [3.8, 4) is 0 Å². The van der Waals surface area contributed by atoms with Gasteiger partial charge in [-0.25, -0.2) is 18.5 Å². The van der Waals surface area contributed by atoms with Gasteiger partial charge in [-0.3, -0.25) is 9.59 Å². The van der Waals surface area contributed by atoms with Gasteiger partial charge in [0.1, 0.15) is 5.52 Å². The number of ether oxygens (including phenoxy) is 1. The average molecular weight is 417 g/mol. The summed E-state index contributed by atoms with van der Waals surface area (Å²) in [5, 5.41) is 7.55. The molecule has 1 amide bonds. The van der Waals surface area contributed by atoms with Crippen molar-refractivity contribution in [3.05, 3.63) is 54.4 Å². The molecule has 0 aliphatic rings. The molecule has 3 N–H and O–H groups in total. The van der Waals surface area contributed by atoms with Crippen LogP contribution in [0.25, 0.3) is 11.1 Å². The van der Waals surface area contributed by atoms with Gasteiger partial charge in [0.2, 0.25) is 10.0 Å². The molecule has 0 radical (unpaired) electrons. The average Bonchev–Trinajstić information content (AvgIpc) is 3.09. The van der Waals surface area contributed by atoms with Gasteiger partial charge in [-0.2, -0.15) is 0 Å². The third-order valence-corrected chi connectivity index (χ3v) is 4.90. The first-order valence-corrected chi connectivity index (χ1v) is 10.2. The minimum atomic E-state index is -3.90. The second kappa shape index (κ2) is 8.41. The van der Waals surface area contributed by atoms with Crippen molar-refractivity contribution in [1.82, 2.24) is 4.98 Å². The van der Waals surface area contributed by atoms with Gasteiger partial charge in [0.15, 0.2) is 17.6 Å². The van der Waals surface area contributed by atoms with E-state index in [1.807, 2.05) is 12.1 Å². The molecule has 152 valence electrons. The molecule has 0 aliphatic carbocycles. The second-order valence-electron chi connectivity index (χ2n) is 6.27. The SMILES string of the molecule is C[C@H](OC(=O)CCc1nc2ccccc2o1)C(=O)Nc1cccc(S(N)(=O)=O)c1. The van der Waals surface area contributed by atoms with Crippen LogP contribution in [0.3, 0.4) is 0 Å². The van der Waals surface area contributed by atoms with Gasteiger partial charge >= 0.3 is 5.97 Å². The van der Waals surface area contributed by atoms with Crippen LogP contribution in [0, 0.1) is 0 Å². The fourth-order valence-electron chi connectivity index (χ4n) is 2.54. The zero-order valence-corrected chi connectivity index (χ0v) is 16.3. The van der Waals surface area contributed by atoms with Gasteiger partial charge in [-0.15, -0.1) is 0 Å². The normalized spacial score (nSPS) is 12.5. The van der Waals surface area contributed by atoms with E-state index in [0.717, 1.165) is 0 Å². The fraction of sp³-hybridized carbons (Fsp3) is 0.211. The Morgan fingerprint density at radius 3 is 2.69 bits per heavy atom. The number of hydrogen-bond acceptors (Lipinski definition) is 7. The number of carbonyl (C=O) groups excluding carboxylic acids is 2. The van der Waals surface area contributed by atoms with E-state index in [2.05, 4.69) is 10.3 Å². The third-order valence-electron chi connectivity index (χ3n) is 3.99. The van der Waals surface area contributed by atoms with Crippen molar-refractivity contribution in [2.45, 2.75) is 30.8 Å². The Bertz CT molecular complexity index is 1120. The minimum absolute atomic E-state index is 0.00859. The monoisotopic (exact) mass is 417 g/mol. The van der Waals surface area contributed by atoms with E-state index in [1.165, 1.54) is 31.2 Å². The molecule has 10 heteroatoms. The maximum Gasteiger partial charge on any atom is 0.307 e. The van der Waals surface area contributed by atoms with Crippen LogP contribution >= 0.6 is 0 Å². The summed E-state index contributed by atoms with van der Waals surface area (Å²) in [7, 11) is -3.90. The number of nitrogens with two attached hydrogens (primary N) is 1. The maximum atomic E-state index is 12.2. The van der Waals surface area contributed by atoms with Crippen LogP contribution in [-0.4, -0.2) is 31.4 Å². The van der Waals surface area contributed by atoms with E-state index in [4.69, 9.17) is 14.3 Å². The molecule has 1 atom stereocenters. The Hall–Kier alpha value is -3.24. The molecule has 29 heavy (non-hydrogen) atoms. The van der Waals surface area contributed by atoms with Crippen molar-refractivity contribution < 1.29 is 27.2 Å². The number of primary sulfonamides is 1. The highest BCUT2D eigenvalue weighted by molar-refractivity contribution is 7.89. The molecule has 0 saturated carbocycles. The number of hydrogen-bond donors (Lipinski definition) is 2. The number of esters is 1. The number of carbonyl (C=O) groups is 2. The number of sulfonamides is 1. The van der Waals surface area contributed by atoms with Crippen LogP contribution in [-0.2, 0) is 30.8 Å². The van der Waals surface area contributed by atoms with Crippen LogP contribution in [0.1, 0.15) is 19.2 Å². The number of benzene rings is 2. The molecule has 0 unspecified atom stereocenters. The van der Waals surface area contributed by atoms with Crippen LogP contribution in [0.2, 0.25) is 0 Å². The Kier molecular flexibility index (Phi) is 5.95. The van der Waals surface area contributed by atoms with Crippen LogP contribution < -0.4 is 10.5 Å². The molecule has 0 fully saturated rings. The zero-order chi connectivity index (χ0) is 21.0. The van der Waals surface area contributed by atoms with Crippen molar-refractivity contribution in [2.75, 3.05) is 5.32 Å². The first-order valence-electron chi connectivity index (χ1n) is 8.70. The molecule has 1 aromatic heterocycles. The molecule has 0 bridgehead atoms. The van der Waals surface area contributed by atoms with E-state index >= 15 is 0 Å². The Labute approximate surface area is 166 Å². The summed E-state index contributed by atoms with van der Waals surface area (Å²) >= 11 is 0. The van der Waals surface area contributed by atoms with Gasteiger partial charge < -0.3 is 14.5 Å². The Morgan fingerprint density at radius 2 is 1.97 bits per heavy atom. The molecule has 2 aromatic carbocycles. The van der Waals surface area contributed by atoms with Gasteiger partial charge in [-0.1, -0.05) is 18.2 Å². The predicted octanol–water partition coefficient (Wildman–Crippen LogP) is 1.98. The summed E-state index contributed by atoms with van der Waals surface area (Å²) in [4.78, 5) is 28.3. The highest BCUT2D eigenvalue weighted by Crippen LogP contribution is 2.17. The number of aryl methyl sites for hydroxylation is 1. The Morgan fingerprint density at radius 1 is 1.21 bits per heavy atom. The highest BCUT2D eigenvalue weighted by Gasteiger charge is 2.19. The number of nitrogens with one attached hydrogen (secondary N) is 1. The maximum absolute atomic E-state index is 12.2. The third kappa shape index (κ3) is 5.39. The number of rotatable bonds is 7. The molecule has 3 rings (SSSR count). The predicted molar refractivity (Wildman–Crippen MR) is 104 cm³/mol. The number of aromatic nitrogens is 1. The number of fused-ring (bicyclic) bond motifs is 1. The lowest BCUT2D eigenvalue weighted by Gasteiger charge is -2.13. The van der Waals surface area contributed by atoms with Gasteiger partial charge in [0.05, 0.1) is 11.3 Å². The zero-order valence-electron chi connectivity index (χ0n) is 15.5. The van der Waals surface area contributed by atoms with Crippen molar-refractivity contribution in [1.29, 1.82) is 0 Å². The van der Waals surface area contributed by atoms with E-state index < -0.39 is 28.0 Å². The summed E-state index contributed by atoms with van der Waals surface area (Å²) in [5.74, 6) is -0.792. The molecule has 3 aromatic rings. The van der Waals surface area contributed by atoms with E-state index in [1.54, 1.807) is 12.1 Å². The van der Waals surface area contributed by atoms with Gasteiger partial charge in [0, 0.05) is 12.1 Å². The number of oxazole rings is 1. The largest absolute Gasteiger partial charge is 0.453 e. The molecule has 9 nitrogen and oxygen atoms in total. The quantitative estimate of drug-likeness (QED) is 0.560. The van der Waals surface area contributed by atoms with Gasteiger partial charge in [0.25, 0.3) is 5.91 Å². The number of amides is 1. The first-order chi connectivity index (χ1) is 13.7. The number of nitrogens with zero attached hydrogens (tertiary/aromatic N) is 1. The Balaban J connectivity index is 1.53. The van der Waals surface area contributed by atoms with Gasteiger partial charge in [-0.05, 0) is 37.3 Å². The highest BCUT2D eigenvalue weighted by atomic mass is 32.2. The lowest BCUT2D eigenvalue weighted by molar-refractivity contribution is -0.153. The fourth-order valence-corrected chi connectivity index (χ4v) is 3.10. The summed E-state index contributed by atoms with van der Waals surface area (Å²) in [5.41, 5.74) is 1.55. The van der Waals surface area contributed by atoms with Crippen molar-refractivity contribution >= 4 is 38.7 Å². The lowest BCUT2D eigenvalue weighted by Crippen LogP contribution is -2.30. The second-order valence-corrected chi connectivity index (χ2v) is 7.83. The standard InChI is InChI=1S/C19H19N3O6S/c1-12(19(24)21-13-5-4-6-14(11-13)29(20,25)26)27-18(23)10-9-17-22-15-7-2-3-8-16(15)28-17/h2-8,11-12H,9-10H2,1H3,(H,21,24)(H2,20,25,26)/t12-/m0/s1. The topological polar surface area (TPSA) is 142 Å². The minimum Gasteiger partial charge on any atom is -0.453 e. The molecular weight excluding hydrogens is 398 g/mol. The van der Waals surface area contributed by atoms with Crippen molar-refractivity contribution in [2.24, 2.45) is 5.14 Å². The van der Waals surface area contributed by atoms with Crippen LogP contribution in [0.4, 0.5) is 5.69 Å². The first kappa shape index (κ1) is 20.5. The van der Waals surface area contributed by atoms with Crippen LogP contribution in [0.15, 0.2) is 57.8 Å². The van der Waals surface area contributed by atoms with Crippen LogP contribution in [0.5, 0.6) is 0 Å². The number of para-hydroxylation sites is 2. The van der Waals surface area contributed by atoms with E-state index in [0.29, 0.717) is 17.0 Å².